The van der Waals surface area contributed by atoms with Gasteiger partial charge in [-0.1, -0.05) is 13.8 Å². The summed E-state index contributed by atoms with van der Waals surface area (Å²) in [4.78, 5) is 28.3. The van der Waals surface area contributed by atoms with E-state index in [1.807, 2.05) is 26.0 Å². The van der Waals surface area contributed by atoms with Gasteiger partial charge < -0.3 is 28.8 Å². The van der Waals surface area contributed by atoms with Crippen molar-refractivity contribution in [3.8, 4) is 11.5 Å². The van der Waals surface area contributed by atoms with Gasteiger partial charge in [-0.2, -0.15) is 0 Å². The number of carbonyl (C=O) groups excluding carboxylic acids is 2. The molecule has 0 saturated carbocycles. The van der Waals surface area contributed by atoms with E-state index in [1.54, 1.807) is 7.11 Å². The van der Waals surface area contributed by atoms with Crippen LogP contribution in [0.3, 0.4) is 0 Å². The van der Waals surface area contributed by atoms with Crippen LogP contribution in [0.2, 0.25) is 0 Å². The Labute approximate surface area is 217 Å². The van der Waals surface area contributed by atoms with Gasteiger partial charge in [0.1, 0.15) is 5.76 Å². The highest BCUT2D eigenvalue weighted by atomic mass is 16.7. The zero-order chi connectivity index (χ0) is 26.4. The molecule has 202 valence electrons. The van der Waals surface area contributed by atoms with Crippen LogP contribution >= 0.6 is 0 Å². The quantitative estimate of drug-likeness (QED) is 0.523. The van der Waals surface area contributed by atoms with Crippen LogP contribution in [-0.4, -0.2) is 73.3 Å². The second kappa shape index (κ2) is 9.83. The molecule has 1 spiro atoms. The minimum Gasteiger partial charge on any atom is -0.497 e. The lowest BCUT2D eigenvalue weighted by atomic mass is 9.77. The van der Waals surface area contributed by atoms with Crippen molar-refractivity contribution in [1.82, 2.24) is 4.90 Å². The fraction of sp³-hybridized carbons (Fsp3) is 0.643. The summed E-state index contributed by atoms with van der Waals surface area (Å²) >= 11 is 0. The number of ether oxygens (including phenoxy) is 5. The third kappa shape index (κ3) is 4.46. The lowest BCUT2D eigenvalue weighted by molar-refractivity contribution is -0.178. The van der Waals surface area contributed by atoms with Crippen LogP contribution in [0.5, 0.6) is 11.5 Å². The number of esters is 2. The van der Waals surface area contributed by atoms with E-state index in [1.165, 1.54) is 7.11 Å². The number of aliphatic hydroxyl groups is 1. The number of fused-ring (bicyclic) bond motifs is 3. The van der Waals surface area contributed by atoms with Gasteiger partial charge in [-0.15, -0.1) is 0 Å². The summed E-state index contributed by atoms with van der Waals surface area (Å²) < 4.78 is 28.1. The number of nitrogens with zero attached hydrogens (tertiary/aromatic N) is 1. The van der Waals surface area contributed by atoms with Gasteiger partial charge in [-0.05, 0) is 73.9 Å². The Kier molecular flexibility index (Phi) is 6.87. The molecule has 1 aromatic carbocycles. The van der Waals surface area contributed by atoms with Gasteiger partial charge in [0, 0.05) is 6.54 Å². The number of methoxy groups -OCH3 is 2. The van der Waals surface area contributed by atoms with Crippen molar-refractivity contribution >= 4 is 11.9 Å². The predicted octanol–water partition coefficient (Wildman–Crippen LogP) is 3.08. The molecule has 1 fully saturated rings. The minimum absolute atomic E-state index is 0.0918. The van der Waals surface area contributed by atoms with Gasteiger partial charge in [-0.25, -0.2) is 4.79 Å². The van der Waals surface area contributed by atoms with Gasteiger partial charge >= 0.3 is 11.9 Å². The average Bonchev–Trinajstić information content (AvgIpc) is 3.56. The summed E-state index contributed by atoms with van der Waals surface area (Å²) in [5.41, 5.74) is -0.217. The fourth-order valence-electron chi connectivity index (χ4n) is 6.42. The van der Waals surface area contributed by atoms with E-state index in [9.17, 15) is 14.7 Å². The summed E-state index contributed by atoms with van der Waals surface area (Å²) in [5, 5.41) is 11.4. The molecule has 4 atom stereocenters. The normalized spacial score (nSPS) is 27.5. The minimum atomic E-state index is -2.00. The van der Waals surface area contributed by atoms with Gasteiger partial charge in [0.05, 0.1) is 32.1 Å². The van der Waals surface area contributed by atoms with Crippen LogP contribution in [-0.2, 0) is 30.2 Å². The monoisotopic (exact) mass is 515 g/mol. The first-order valence-electron chi connectivity index (χ1n) is 13.2. The van der Waals surface area contributed by atoms with E-state index in [0.717, 1.165) is 49.2 Å². The average molecular weight is 516 g/mol. The van der Waals surface area contributed by atoms with Crippen LogP contribution in [0.25, 0.3) is 0 Å². The lowest BCUT2D eigenvalue weighted by Gasteiger charge is -2.39. The molecular formula is C28H37NO8. The summed E-state index contributed by atoms with van der Waals surface area (Å²) in [5.74, 6) is 0.431. The molecule has 1 N–H and O–H groups in total. The molecule has 1 aliphatic carbocycles. The molecule has 0 unspecified atom stereocenters. The number of benzene rings is 1. The van der Waals surface area contributed by atoms with Crippen LogP contribution in [0.1, 0.15) is 63.0 Å². The van der Waals surface area contributed by atoms with Crippen LogP contribution < -0.4 is 9.47 Å². The lowest BCUT2D eigenvalue weighted by Crippen LogP contribution is -2.49. The first-order chi connectivity index (χ1) is 17.7. The van der Waals surface area contributed by atoms with Gasteiger partial charge in [0.15, 0.2) is 23.2 Å². The molecule has 0 bridgehead atoms. The van der Waals surface area contributed by atoms with Crippen molar-refractivity contribution in [3.05, 3.63) is 35.1 Å². The zero-order valence-electron chi connectivity index (χ0n) is 22.1. The Hall–Kier alpha value is -2.78. The first-order valence-corrected chi connectivity index (χ1v) is 13.2. The second-order valence-electron chi connectivity index (χ2n) is 11.0. The van der Waals surface area contributed by atoms with Crippen molar-refractivity contribution in [2.24, 2.45) is 5.92 Å². The molecule has 5 rings (SSSR count). The third-order valence-corrected chi connectivity index (χ3v) is 8.38. The largest absolute Gasteiger partial charge is 0.497 e. The van der Waals surface area contributed by atoms with Gasteiger partial charge in [0.25, 0.3) is 0 Å². The number of hydrogen-bond acceptors (Lipinski definition) is 9. The van der Waals surface area contributed by atoms with E-state index in [2.05, 4.69) is 11.0 Å². The van der Waals surface area contributed by atoms with Crippen molar-refractivity contribution < 1.29 is 38.4 Å². The highest BCUT2D eigenvalue weighted by molar-refractivity contribution is 5.86. The Morgan fingerprint density at radius 2 is 1.97 bits per heavy atom. The van der Waals surface area contributed by atoms with Crippen LogP contribution in [0, 0.1) is 5.92 Å². The number of carbonyl (C=O) groups is 2. The van der Waals surface area contributed by atoms with E-state index in [4.69, 9.17) is 23.7 Å². The van der Waals surface area contributed by atoms with Crippen LogP contribution in [0.15, 0.2) is 24.0 Å². The first kappa shape index (κ1) is 25.9. The van der Waals surface area contributed by atoms with E-state index in [-0.39, 0.29) is 30.6 Å². The SMILES string of the molecule is COC(=O)C[C@@](O)(CCC(C)C)C(=O)O[C@@H]1C(OC)=C[C@]23CCCN2CCc2cc4c(cc2[C@@H]13)OCO4. The molecule has 0 amide bonds. The maximum Gasteiger partial charge on any atom is 0.339 e. The molecule has 9 heteroatoms. The fourth-order valence-corrected chi connectivity index (χ4v) is 6.42. The smallest absolute Gasteiger partial charge is 0.339 e. The summed E-state index contributed by atoms with van der Waals surface area (Å²) in [6.45, 7) is 5.97. The number of hydrogen-bond donors (Lipinski definition) is 1. The van der Waals surface area contributed by atoms with Crippen molar-refractivity contribution in [1.29, 1.82) is 0 Å². The second-order valence-corrected chi connectivity index (χ2v) is 11.0. The van der Waals surface area contributed by atoms with Gasteiger partial charge in [-0.3, -0.25) is 9.69 Å². The Balaban J connectivity index is 1.54. The molecule has 3 heterocycles. The molecule has 3 aliphatic heterocycles. The molecule has 1 aromatic rings. The zero-order valence-corrected chi connectivity index (χ0v) is 22.1. The van der Waals surface area contributed by atoms with Crippen molar-refractivity contribution in [2.75, 3.05) is 34.1 Å². The summed E-state index contributed by atoms with van der Waals surface area (Å²) in [7, 11) is 2.82. The van der Waals surface area contributed by atoms with Crippen LogP contribution in [0.4, 0.5) is 0 Å². The molecule has 1 saturated heterocycles. The maximum atomic E-state index is 13.7. The molecule has 0 radical (unpaired) electrons. The van der Waals surface area contributed by atoms with E-state index in [0.29, 0.717) is 17.9 Å². The highest BCUT2D eigenvalue weighted by Crippen LogP contribution is 2.55. The topological polar surface area (TPSA) is 104 Å². The van der Waals surface area contributed by atoms with Gasteiger partial charge in [0.2, 0.25) is 6.79 Å². The van der Waals surface area contributed by atoms with Crippen molar-refractivity contribution in [3.63, 3.8) is 0 Å². The molecular weight excluding hydrogens is 478 g/mol. The molecule has 37 heavy (non-hydrogen) atoms. The molecule has 0 aromatic heterocycles. The predicted molar refractivity (Wildman–Crippen MR) is 133 cm³/mol. The van der Waals surface area contributed by atoms with Crippen molar-refractivity contribution in [2.45, 2.75) is 75.5 Å². The number of rotatable bonds is 8. The maximum absolute atomic E-state index is 13.7. The summed E-state index contributed by atoms with van der Waals surface area (Å²) in [6.07, 6.45) is 4.26. The Morgan fingerprint density at radius 1 is 1.22 bits per heavy atom. The molecule has 4 aliphatic rings. The standard InChI is InChI=1S/C28H37NO8/c1-17(2)6-9-28(32,15-23(30)34-4)26(31)37-25-22(33-3)14-27-8-5-10-29(27)11-7-18-12-20-21(36-16-35-20)13-19(18)24(25)27/h12-14,17,24-25,32H,5-11,15-16H2,1-4H3/t24-,25+,27-,28-/m0/s1. The third-order valence-electron chi connectivity index (χ3n) is 8.38. The van der Waals surface area contributed by atoms with E-state index < -0.39 is 30.1 Å². The molecule has 9 nitrogen and oxygen atoms in total. The Bertz CT molecular complexity index is 1100. The van der Waals surface area contributed by atoms with E-state index >= 15 is 0 Å². The summed E-state index contributed by atoms with van der Waals surface area (Å²) in [6, 6.07) is 4.05. The highest BCUT2D eigenvalue weighted by Gasteiger charge is 2.59. The Morgan fingerprint density at radius 3 is 2.68 bits per heavy atom.